The van der Waals surface area contributed by atoms with Crippen molar-refractivity contribution in [1.29, 1.82) is 0 Å². The molecule has 13 heavy (non-hydrogen) atoms. The molecule has 3 heteroatoms. The van der Waals surface area contributed by atoms with Crippen LogP contribution in [0.1, 0.15) is 46.0 Å². The Bertz CT molecular complexity index is 229. The Hall–Kier alpha value is -0.570. The maximum Gasteiger partial charge on any atom is 0.253 e. The average molecular weight is 183 g/mol. The molecule has 74 valence electrons. The van der Waals surface area contributed by atoms with Crippen molar-refractivity contribution in [1.82, 2.24) is 5.32 Å². The fourth-order valence-electron chi connectivity index (χ4n) is 2.27. The highest BCUT2D eigenvalue weighted by Gasteiger charge is 2.50. The van der Waals surface area contributed by atoms with Crippen LogP contribution in [-0.4, -0.2) is 17.2 Å². The molecule has 2 aliphatic rings. The lowest BCUT2D eigenvalue weighted by molar-refractivity contribution is -0.136. The second-order valence-corrected chi connectivity index (χ2v) is 4.62. The molecule has 0 aromatic rings. The Balaban J connectivity index is 2.14. The van der Waals surface area contributed by atoms with Crippen molar-refractivity contribution in [2.75, 3.05) is 0 Å². The van der Waals surface area contributed by atoms with Crippen molar-refractivity contribution in [2.45, 2.75) is 57.3 Å². The number of ether oxygens (including phenoxy) is 1. The van der Waals surface area contributed by atoms with Gasteiger partial charge in [-0.2, -0.15) is 0 Å². The molecular weight excluding hydrogens is 166 g/mol. The van der Waals surface area contributed by atoms with Gasteiger partial charge in [0.2, 0.25) is 0 Å². The summed E-state index contributed by atoms with van der Waals surface area (Å²) in [5, 5.41) is 3.00. The summed E-state index contributed by atoms with van der Waals surface area (Å²) < 4.78 is 5.83. The highest BCUT2D eigenvalue weighted by atomic mass is 16.6. The van der Waals surface area contributed by atoms with Crippen LogP contribution in [-0.2, 0) is 9.53 Å². The molecule has 3 nitrogen and oxygen atoms in total. The first-order valence-corrected chi connectivity index (χ1v) is 5.07. The van der Waals surface area contributed by atoms with Crippen LogP contribution in [0.25, 0.3) is 0 Å². The van der Waals surface area contributed by atoms with E-state index >= 15 is 0 Å². The van der Waals surface area contributed by atoms with Crippen LogP contribution in [0.5, 0.6) is 0 Å². The number of nitrogens with one attached hydrogen (secondary N) is 1. The lowest BCUT2D eigenvalue weighted by Gasteiger charge is -2.33. The number of carbonyl (C=O) groups excluding carboxylic acids is 1. The summed E-state index contributed by atoms with van der Waals surface area (Å²) in [5.41, 5.74) is -0.948. The van der Waals surface area contributed by atoms with E-state index in [9.17, 15) is 4.79 Å². The summed E-state index contributed by atoms with van der Waals surface area (Å²) in [6.45, 7) is 3.68. The highest BCUT2D eigenvalue weighted by Crippen LogP contribution is 2.37. The van der Waals surface area contributed by atoms with E-state index in [-0.39, 0.29) is 11.6 Å². The summed E-state index contributed by atoms with van der Waals surface area (Å²) in [4.78, 5) is 11.5. The SMILES string of the molecule is CC1(C)OC2(CCCCC2)NC1=O. The molecule has 1 heterocycles. The number of hydrogen-bond acceptors (Lipinski definition) is 2. The van der Waals surface area contributed by atoms with Gasteiger partial charge in [-0.25, -0.2) is 0 Å². The molecule has 0 radical (unpaired) electrons. The van der Waals surface area contributed by atoms with Crippen LogP contribution in [0.2, 0.25) is 0 Å². The molecule has 1 spiro atoms. The number of amides is 1. The van der Waals surface area contributed by atoms with Gasteiger partial charge in [0, 0.05) is 0 Å². The molecule has 1 saturated heterocycles. The smallest absolute Gasteiger partial charge is 0.253 e. The normalized spacial score (nSPS) is 30.5. The van der Waals surface area contributed by atoms with Crippen molar-refractivity contribution in [2.24, 2.45) is 0 Å². The molecule has 2 fully saturated rings. The second-order valence-electron chi connectivity index (χ2n) is 4.62. The summed E-state index contributed by atoms with van der Waals surface area (Å²) in [6, 6.07) is 0. The molecular formula is C10H17NO2. The molecule has 1 aliphatic heterocycles. The van der Waals surface area contributed by atoms with E-state index in [4.69, 9.17) is 4.74 Å². The van der Waals surface area contributed by atoms with E-state index in [1.165, 1.54) is 6.42 Å². The third-order valence-corrected chi connectivity index (χ3v) is 3.00. The van der Waals surface area contributed by atoms with Crippen LogP contribution in [0.4, 0.5) is 0 Å². The van der Waals surface area contributed by atoms with Gasteiger partial charge in [0.15, 0.2) is 0 Å². The van der Waals surface area contributed by atoms with Gasteiger partial charge in [0.25, 0.3) is 5.91 Å². The third-order valence-electron chi connectivity index (χ3n) is 3.00. The van der Waals surface area contributed by atoms with Crippen LogP contribution < -0.4 is 5.32 Å². The first-order valence-electron chi connectivity index (χ1n) is 5.07. The Kier molecular flexibility index (Phi) is 1.88. The maximum atomic E-state index is 11.5. The minimum absolute atomic E-state index is 0.0365. The van der Waals surface area contributed by atoms with E-state index in [0.717, 1.165) is 25.7 Å². The number of hydrogen-bond donors (Lipinski definition) is 1. The number of carbonyl (C=O) groups is 1. The zero-order valence-electron chi connectivity index (χ0n) is 8.35. The fraction of sp³-hybridized carbons (Fsp3) is 0.900. The summed E-state index contributed by atoms with van der Waals surface area (Å²) >= 11 is 0. The quantitative estimate of drug-likeness (QED) is 0.619. The predicted octanol–water partition coefficient (Wildman–Crippen LogP) is 1.57. The van der Waals surface area contributed by atoms with Crippen molar-refractivity contribution in [3.8, 4) is 0 Å². The van der Waals surface area contributed by atoms with E-state index in [2.05, 4.69) is 5.32 Å². The summed E-state index contributed by atoms with van der Waals surface area (Å²) in [7, 11) is 0. The molecule has 1 N–H and O–H groups in total. The molecule has 0 atom stereocenters. The Morgan fingerprint density at radius 1 is 1.23 bits per heavy atom. The standard InChI is InChI=1S/C10H17NO2/c1-9(2)8(12)11-10(13-9)6-4-3-5-7-10/h3-7H2,1-2H3,(H,11,12). The summed E-state index contributed by atoms with van der Waals surface area (Å²) in [6.07, 6.45) is 5.54. The van der Waals surface area contributed by atoms with Gasteiger partial charge < -0.3 is 10.1 Å². The lowest BCUT2D eigenvalue weighted by atomic mass is 9.92. The minimum atomic E-state index is -0.628. The molecule has 1 amide bonds. The first kappa shape index (κ1) is 9.00. The van der Waals surface area contributed by atoms with Crippen LogP contribution in [0.15, 0.2) is 0 Å². The molecule has 2 rings (SSSR count). The van der Waals surface area contributed by atoms with E-state index in [1.807, 2.05) is 13.8 Å². The van der Waals surface area contributed by atoms with Crippen molar-refractivity contribution < 1.29 is 9.53 Å². The highest BCUT2D eigenvalue weighted by molar-refractivity contribution is 5.86. The van der Waals surface area contributed by atoms with E-state index < -0.39 is 5.60 Å². The number of rotatable bonds is 0. The molecule has 1 saturated carbocycles. The largest absolute Gasteiger partial charge is 0.340 e. The van der Waals surface area contributed by atoms with Crippen LogP contribution in [0, 0.1) is 0 Å². The van der Waals surface area contributed by atoms with Crippen molar-refractivity contribution >= 4 is 5.91 Å². The van der Waals surface area contributed by atoms with E-state index in [1.54, 1.807) is 0 Å². The van der Waals surface area contributed by atoms with Gasteiger partial charge in [0.05, 0.1) is 0 Å². The Morgan fingerprint density at radius 2 is 1.85 bits per heavy atom. The van der Waals surface area contributed by atoms with Gasteiger partial charge in [-0.1, -0.05) is 6.42 Å². The zero-order valence-corrected chi connectivity index (χ0v) is 8.35. The predicted molar refractivity (Wildman–Crippen MR) is 49.1 cm³/mol. The molecule has 0 aromatic heterocycles. The molecule has 0 aromatic carbocycles. The van der Waals surface area contributed by atoms with Gasteiger partial charge in [-0.05, 0) is 39.5 Å². The Morgan fingerprint density at radius 3 is 2.31 bits per heavy atom. The zero-order chi connectivity index (χ0) is 9.53. The average Bonchev–Trinajstić information content (AvgIpc) is 2.23. The van der Waals surface area contributed by atoms with Crippen molar-refractivity contribution in [3.63, 3.8) is 0 Å². The molecule has 0 unspecified atom stereocenters. The van der Waals surface area contributed by atoms with Gasteiger partial charge in [-0.15, -0.1) is 0 Å². The van der Waals surface area contributed by atoms with Crippen LogP contribution in [0.3, 0.4) is 0 Å². The Labute approximate surface area is 78.8 Å². The minimum Gasteiger partial charge on any atom is -0.340 e. The molecule has 0 bridgehead atoms. The third kappa shape index (κ3) is 1.46. The summed E-state index contributed by atoms with van der Waals surface area (Å²) in [5.74, 6) is 0.0365. The maximum absolute atomic E-state index is 11.5. The van der Waals surface area contributed by atoms with Gasteiger partial charge >= 0.3 is 0 Å². The first-order chi connectivity index (χ1) is 6.04. The van der Waals surface area contributed by atoms with Gasteiger partial charge in [0.1, 0.15) is 11.3 Å². The van der Waals surface area contributed by atoms with Crippen LogP contribution >= 0.6 is 0 Å². The van der Waals surface area contributed by atoms with Crippen molar-refractivity contribution in [3.05, 3.63) is 0 Å². The molecule has 1 aliphatic carbocycles. The van der Waals surface area contributed by atoms with Gasteiger partial charge in [-0.3, -0.25) is 4.79 Å². The van der Waals surface area contributed by atoms with E-state index in [0.29, 0.717) is 0 Å². The second kappa shape index (κ2) is 2.71. The monoisotopic (exact) mass is 183 g/mol. The fourth-order valence-corrected chi connectivity index (χ4v) is 2.27. The topological polar surface area (TPSA) is 38.3 Å². The lowest BCUT2D eigenvalue weighted by Crippen LogP contribution is -2.44.